The molecule has 0 N–H and O–H groups in total. The Kier molecular flexibility index (Phi) is 6.52. The third kappa shape index (κ3) is 5.37. The average Bonchev–Trinajstić information content (AvgIpc) is 2.53. The number of hydrogen-bond donors (Lipinski definition) is 0. The van der Waals surface area contributed by atoms with Crippen molar-refractivity contribution in [2.45, 2.75) is 64.7 Å². The highest BCUT2D eigenvalue weighted by Crippen LogP contribution is 2.25. The molecule has 0 bridgehead atoms. The zero-order valence-corrected chi connectivity index (χ0v) is 13.1. The van der Waals surface area contributed by atoms with Gasteiger partial charge in [-0.1, -0.05) is 62.4 Å². The molecule has 0 spiro atoms. The molecule has 0 unspecified atom stereocenters. The fraction of sp³-hybridized carbons (Fsp3) is 0.526. The van der Waals surface area contributed by atoms with Crippen LogP contribution in [0.3, 0.4) is 0 Å². The van der Waals surface area contributed by atoms with E-state index in [2.05, 4.69) is 30.3 Å². The highest BCUT2D eigenvalue weighted by Gasteiger charge is 2.24. The van der Waals surface area contributed by atoms with Crippen LogP contribution in [-0.2, 0) is 16.0 Å². The summed E-state index contributed by atoms with van der Waals surface area (Å²) in [5, 5.41) is 0. The predicted octanol–water partition coefficient (Wildman–Crippen LogP) is 5.18. The van der Waals surface area contributed by atoms with E-state index in [9.17, 15) is 4.79 Å². The van der Waals surface area contributed by atoms with Gasteiger partial charge in [-0.2, -0.15) is 0 Å². The molecule has 1 heterocycles. The van der Waals surface area contributed by atoms with Crippen molar-refractivity contribution < 1.29 is 9.53 Å². The van der Waals surface area contributed by atoms with Gasteiger partial charge in [0.25, 0.3) is 0 Å². The molecule has 0 radical (unpaired) electrons. The van der Waals surface area contributed by atoms with E-state index in [-0.39, 0.29) is 5.97 Å². The minimum Gasteiger partial charge on any atom is -0.427 e. The third-order valence-electron chi connectivity index (χ3n) is 4.15. The Morgan fingerprint density at radius 3 is 1.95 bits per heavy atom. The van der Waals surface area contributed by atoms with Crippen LogP contribution in [0.1, 0.15) is 63.9 Å². The van der Waals surface area contributed by atoms with E-state index in [1.165, 1.54) is 50.5 Å². The topological polar surface area (TPSA) is 26.3 Å². The van der Waals surface area contributed by atoms with E-state index in [0.717, 1.165) is 24.2 Å². The van der Waals surface area contributed by atoms with Crippen LogP contribution in [0, 0.1) is 0 Å². The normalized spacial score (nSPS) is 14.0. The molecule has 0 aromatic heterocycles. The molecule has 1 aromatic carbocycles. The number of carbonyl (C=O) groups is 1. The van der Waals surface area contributed by atoms with Crippen LogP contribution in [-0.4, -0.2) is 5.97 Å². The van der Waals surface area contributed by atoms with E-state index < -0.39 is 0 Å². The Morgan fingerprint density at radius 1 is 0.810 bits per heavy atom. The van der Waals surface area contributed by atoms with E-state index in [1.807, 2.05) is 6.92 Å². The van der Waals surface area contributed by atoms with Crippen LogP contribution in [0.15, 0.2) is 41.7 Å². The molecule has 2 rings (SSSR count). The molecule has 114 valence electrons. The lowest BCUT2D eigenvalue weighted by molar-refractivity contribution is -0.140. The summed E-state index contributed by atoms with van der Waals surface area (Å²) in [5.74, 6) is 0.784. The number of benzene rings is 1. The van der Waals surface area contributed by atoms with Crippen LogP contribution in [0.4, 0.5) is 0 Å². The summed E-state index contributed by atoms with van der Waals surface area (Å²) >= 11 is 0. The first kappa shape index (κ1) is 15.8. The maximum atomic E-state index is 10.9. The smallest absolute Gasteiger partial charge is 0.342 e. The summed E-state index contributed by atoms with van der Waals surface area (Å²) in [7, 11) is 0. The van der Waals surface area contributed by atoms with Gasteiger partial charge in [0, 0.05) is 6.42 Å². The van der Waals surface area contributed by atoms with Crippen molar-refractivity contribution in [1.82, 2.24) is 0 Å². The van der Waals surface area contributed by atoms with Crippen LogP contribution in [0.25, 0.3) is 0 Å². The second kappa shape index (κ2) is 8.66. The summed E-state index contributed by atoms with van der Waals surface area (Å²) in [6.45, 7) is 1.86. The number of hydrogen-bond acceptors (Lipinski definition) is 2. The lowest BCUT2D eigenvalue weighted by Gasteiger charge is -2.19. The zero-order chi connectivity index (χ0) is 14.9. The highest BCUT2D eigenvalue weighted by atomic mass is 16.6. The molecule has 1 aromatic rings. The van der Waals surface area contributed by atoms with Crippen molar-refractivity contribution in [2.75, 3.05) is 0 Å². The van der Waals surface area contributed by atoms with Crippen LogP contribution >= 0.6 is 0 Å². The predicted molar refractivity (Wildman–Crippen MR) is 85.9 cm³/mol. The zero-order valence-electron chi connectivity index (χ0n) is 13.1. The number of cyclic esters (lactones) is 1. The molecule has 2 heteroatoms. The quantitative estimate of drug-likeness (QED) is 0.437. The number of ether oxygens (including phenoxy) is 1. The second-order valence-corrected chi connectivity index (χ2v) is 5.90. The van der Waals surface area contributed by atoms with Crippen molar-refractivity contribution in [3.8, 4) is 0 Å². The van der Waals surface area contributed by atoms with Crippen LogP contribution in [0.2, 0.25) is 0 Å². The fourth-order valence-electron chi connectivity index (χ4n) is 2.71. The number of rotatable bonds is 10. The lowest BCUT2D eigenvalue weighted by Crippen LogP contribution is -2.19. The Hall–Kier alpha value is -1.57. The number of carbonyl (C=O) groups excluding carboxylic acids is 1. The van der Waals surface area contributed by atoms with Gasteiger partial charge in [-0.15, -0.1) is 0 Å². The van der Waals surface area contributed by atoms with Crippen molar-refractivity contribution >= 4 is 5.97 Å². The van der Waals surface area contributed by atoms with Crippen molar-refractivity contribution in [1.29, 1.82) is 0 Å². The molecule has 1 aliphatic heterocycles. The summed E-state index contributed by atoms with van der Waals surface area (Å²) in [6.07, 6.45) is 11.1. The summed E-state index contributed by atoms with van der Waals surface area (Å²) in [4.78, 5) is 10.9. The first-order valence-corrected chi connectivity index (χ1v) is 8.23. The summed E-state index contributed by atoms with van der Waals surface area (Å²) < 4.78 is 4.99. The van der Waals surface area contributed by atoms with Gasteiger partial charge in [0.05, 0.1) is 5.57 Å². The van der Waals surface area contributed by atoms with Gasteiger partial charge < -0.3 is 4.74 Å². The van der Waals surface area contributed by atoms with Gasteiger partial charge in [-0.25, -0.2) is 4.79 Å². The lowest BCUT2D eigenvalue weighted by atomic mass is 10.0. The molecule has 2 nitrogen and oxygen atoms in total. The average molecular weight is 286 g/mol. The third-order valence-corrected chi connectivity index (χ3v) is 4.15. The Labute approximate surface area is 128 Å². The minimum atomic E-state index is -0.136. The monoisotopic (exact) mass is 286 g/mol. The van der Waals surface area contributed by atoms with E-state index in [1.54, 1.807) is 0 Å². The molecular weight excluding hydrogens is 260 g/mol. The number of esters is 1. The minimum absolute atomic E-state index is 0.136. The number of unbranched alkanes of at least 4 members (excludes halogenated alkanes) is 6. The van der Waals surface area contributed by atoms with Gasteiger partial charge in [0.2, 0.25) is 0 Å². The molecule has 0 amide bonds. The van der Waals surface area contributed by atoms with E-state index >= 15 is 0 Å². The maximum absolute atomic E-state index is 10.9. The van der Waals surface area contributed by atoms with E-state index in [4.69, 9.17) is 4.74 Å². The van der Waals surface area contributed by atoms with Crippen LogP contribution in [0.5, 0.6) is 0 Å². The summed E-state index contributed by atoms with van der Waals surface area (Å²) in [6, 6.07) is 10.7. The second-order valence-electron chi connectivity index (χ2n) is 5.90. The van der Waals surface area contributed by atoms with Gasteiger partial charge >= 0.3 is 5.97 Å². The largest absolute Gasteiger partial charge is 0.427 e. The van der Waals surface area contributed by atoms with Crippen molar-refractivity contribution in [3.63, 3.8) is 0 Å². The number of allylic oxidation sites excluding steroid dienone is 1. The van der Waals surface area contributed by atoms with Gasteiger partial charge in [0.1, 0.15) is 5.76 Å². The molecule has 0 aliphatic carbocycles. The molecular formula is C19H26O2. The molecule has 0 saturated carbocycles. The van der Waals surface area contributed by atoms with Crippen LogP contribution < -0.4 is 0 Å². The molecule has 0 atom stereocenters. The molecule has 1 aliphatic rings. The Balaban J connectivity index is 1.40. The first-order valence-electron chi connectivity index (χ1n) is 8.23. The SMILES string of the molecule is CC1=C(CCCCCCCCCc2ccccc2)OC1=O. The molecule has 21 heavy (non-hydrogen) atoms. The van der Waals surface area contributed by atoms with Crippen molar-refractivity contribution in [3.05, 3.63) is 47.2 Å². The maximum Gasteiger partial charge on any atom is 0.342 e. The fourth-order valence-corrected chi connectivity index (χ4v) is 2.71. The van der Waals surface area contributed by atoms with Gasteiger partial charge in [-0.05, 0) is 31.7 Å². The van der Waals surface area contributed by atoms with Gasteiger partial charge in [-0.3, -0.25) is 0 Å². The number of aryl methyl sites for hydroxylation is 1. The highest BCUT2D eigenvalue weighted by molar-refractivity contribution is 5.94. The molecule has 0 fully saturated rings. The van der Waals surface area contributed by atoms with Crippen molar-refractivity contribution in [2.24, 2.45) is 0 Å². The standard InChI is InChI=1S/C19H26O2/c1-16-18(21-19(16)20)15-11-6-4-2-3-5-8-12-17-13-9-7-10-14-17/h7,9-10,13-14H,2-6,8,11-12,15H2,1H3. The van der Waals surface area contributed by atoms with E-state index in [0.29, 0.717) is 0 Å². The van der Waals surface area contributed by atoms with Gasteiger partial charge in [0.15, 0.2) is 0 Å². The Bertz CT molecular complexity index is 474. The first-order chi connectivity index (χ1) is 10.3. The summed E-state index contributed by atoms with van der Waals surface area (Å²) in [5.41, 5.74) is 2.28. The molecule has 0 saturated heterocycles. The Morgan fingerprint density at radius 2 is 1.38 bits per heavy atom.